The molecule has 0 saturated heterocycles. The molecule has 0 bridgehead atoms. The molecule has 0 aliphatic heterocycles. The van der Waals surface area contributed by atoms with Crippen LogP contribution in [0.3, 0.4) is 0 Å². The molecule has 0 aromatic heterocycles. The molecule has 16 heavy (non-hydrogen) atoms. The number of ether oxygens (including phenoxy) is 1. The van der Waals surface area contributed by atoms with E-state index < -0.39 is 0 Å². The van der Waals surface area contributed by atoms with Gasteiger partial charge in [-0.25, -0.2) is 0 Å². The largest absolute Gasteiger partial charge is 0.380 e. The number of carbonyl (C=O) groups excluding carboxylic acids is 1. The highest BCUT2D eigenvalue weighted by Crippen LogP contribution is 2.26. The maximum absolute atomic E-state index is 11.5. The van der Waals surface area contributed by atoms with Gasteiger partial charge in [0.15, 0.2) is 0 Å². The van der Waals surface area contributed by atoms with Gasteiger partial charge >= 0.3 is 0 Å². The summed E-state index contributed by atoms with van der Waals surface area (Å²) >= 11 is 0. The number of hydrogen-bond acceptors (Lipinski definition) is 2. The molecule has 0 aliphatic rings. The van der Waals surface area contributed by atoms with Gasteiger partial charge in [-0.1, -0.05) is 0 Å². The fraction of sp³-hybridized carbons (Fsp3) is 0.462. The van der Waals surface area contributed by atoms with Crippen LogP contribution in [0.1, 0.15) is 38.2 Å². The minimum Gasteiger partial charge on any atom is -0.380 e. The monoisotopic (exact) mass is 221 g/mol. The minimum atomic E-state index is -0.379. The number of primary amides is 1. The zero-order valence-corrected chi connectivity index (χ0v) is 10.6. The van der Waals surface area contributed by atoms with E-state index in [2.05, 4.69) is 6.92 Å². The van der Waals surface area contributed by atoms with Crippen molar-refractivity contribution in [1.29, 1.82) is 0 Å². The summed E-state index contributed by atoms with van der Waals surface area (Å²) in [4.78, 5) is 11.5. The fourth-order valence-corrected chi connectivity index (χ4v) is 2.05. The van der Waals surface area contributed by atoms with Crippen LogP contribution in [-0.2, 0) is 11.3 Å². The van der Waals surface area contributed by atoms with Gasteiger partial charge in [0.05, 0.1) is 6.61 Å². The molecule has 0 fully saturated rings. The highest BCUT2D eigenvalue weighted by molar-refractivity contribution is 5.96. The Morgan fingerprint density at radius 1 is 1.06 bits per heavy atom. The van der Waals surface area contributed by atoms with Gasteiger partial charge in [-0.3, -0.25) is 4.79 Å². The van der Waals surface area contributed by atoms with Crippen LogP contribution < -0.4 is 5.73 Å². The lowest BCUT2D eigenvalue weighted by atomic mass is 9.89. The molecule has 0 saturated carbocycles. The Kier molecular flexibility index (Phi) is 3.70. The predicted molar refractivity (Wildman–Crippen MR) is 64.6 cm³/mol. The molecular formula is C13H19NO2. The first kappa shape index (κ1) is 12.7. The number of amides is 1. The number of carbonyl (C=O) groups is 1. The average molecular weight is 221 g/mol. The van der Waals surface area contributed by atoms with Gasteiger partial charge in [0.25, 0.3) is 0 Å². The van der Waals surface area contributed by atoms with E-state index in [0.717, 1.165) is 22.3 Å². The van der Waals surface area contributed by atoms with Gasteiger partial charge < -0.3 is 10.5 Å². The van der Waals surface area contributed by atoms with Crippen molar-refractivity contribution in [2.24, 2.45) is 5.73 Å². The Morgan fingerprint density at radius 3 is 2.00 bits per heavy atom. The second-order valence-corrected chi connectivity index (χ2v) is 4.15. The molecule has 0 heterocycles. The summed E-state index contributed by atoms with van der Waals surface area (Å²) in [6.45, 7) is 8.43. The molecule has 1 aromatic rings. The number of nitrogens with two attached hydrogens (primary N) is 1. The lowest BCUT2D eigenvalue weighted by molar-refractivity contribution is 0.0994. The third-order valence-corrected chi connectivity index (χ3v) is 3.35. The van der Waals surface area contributed by atoms with Crippen LogP contribution in [-0.4, -0.2) is 13.0 Å². The smallest absolute Gasteiger partial charge is 0.249 e. The number of rotatable bonds is 3. The lowest BCUT2D eigenvalue weighted by Gasteiger charge is -2.18. The van der Waals surface area contributed by atoms with Crippen LogP contribution in [0.4, 0.5) is 0 Å². The summed E-state index contributed by atoms with van der Waals surface area (Å²) in [7, 11) is 1.62. The Morgan fingerprint density at radius 2 is 1.56 bits per heavy atom. The molecule has 0 spiro atoms. The molecule has 1 aromatic carbocycles. The van der Waals surface area contributed by atoms with Crippen LogP contribution in [0.15, 0.2) is 0 Å². The zero-order valence-electron chi connectivity index (χ0n) is 10.6. The standard InChI is InChI=1S/C13H19NO2/c1-7-8(2)10(4)12(13(14)15)11(6-16-5)9(7)3/h6H2,1-5H3,(H2,14,15). The van der Waals surface area contributed by atoms with E-state index in [1.807, 2.05) is 20.8 Å². The molecule has 0 aliphatic carbocycles. The third-order valence-electron chi connectivity index (χ3n) is 3.35. The van der Waals surface area contributed by atoms with Crippen molar-refractivity contribution < 1.29 is 9.53 Å². The summed E-state index contributed by atoms with van der Waals surface area (Å²) in [6.07, 6.45) is 0. The topological polar surface area (TPSA) is 52.3 Å². The van der Waals surface area contributed by atoms with E-state index in [1.165, 1.54) is 5.56 Å². The van der Waals surface area contributed by atoms with E-state index in [1.54, 1.807) is 7.11 Å². The normalized spacial score (nSPS) is 10.6. The molecule has 2 N–H and O–H groups in total. The highest BCUT2D eigenvalue weighted by atomic mass is 16.5. The first-order chi connectivity index (χ1) is 7.41. The number of methoxy groups -OCH3 is 1. The molecule has 1 amide bonds. The molecule has 3 heteroatoms. The highest BCUT2D eigenvalue weighted by Gasteiger charge is 2.18. The van der Waals surface area contributed by atoms with Gasteiger partial charge in [-0.15, -0.1) is 0 Å². The van der Waals surface area contributed by atoms with Crippen LogP contribution >= 0.6 is 0 Å². The van der Waals surface area contributed by atoms with Gasteiger partial charge in [-0.05, 0) is 55.5 Å². The van der Waals surface area contributed by atoms with Gasteiger partial charge in [0.2, 0.25) is 5.91 Å². The van der Waals surface area contributed by atoms with Crippen LogP contribution in [0.5, 0.6) is 0 Å². The minimum absolute atomic E-state index is 0.379. The molecule has 0 radical (unpaired) electrons. The maximum Gasteiger partial charge on any atom is 0.249 e. The van der Waals surface area contributed by atoms with E-state index in [4.69, 9.17) is 10.5 Å². The average Bonchev–Trinajstić information content (AvgIpc) is 2.23. The van der Waals surface area contributed by atoms with Crippen molar-refractivity contribution in [3.8, 4) is 0 Å². The van der Waals surface area contributed by atoms with E-state index in [-0.39, 0.29) is 5.91 Å². The second-order valence-electron chi connectivity index (χ2n) is 4.15. The second kappa shape index (κ2) is 4.66. The Labute approximate surface area is 96.6 Å². The first-order valence-corrected chi connectivity index (χ1v) is 5.29. The lowest BCUT2D eigenvalue weighted by Crippen LogP contribution is -2.18. The fourth-order valence-electron chi connectivity index (χ4n) is 2.05. The van der Waals surface area contributed by atoms with Crippen LogP contribution in [0.25, 0.3) is 0 Å². The maximum atomic E-state index is 11.5. The Balaban J connectivity index is 3.61. The molecule has 0 unspecified atom stereocenters. The van der Waals surface area contributed by atoms with E-state index >= 15 is 0 Å². The number of benzene rings is 1. The predicted octanol–water partition coefficient (Wildman–Crippen LogP) is 2.17. The quantitative estimate of drug-likeness (QED) is 0.850. The summed E-state index contributed by atoms with van der Waals surface area (Å²) in [5.41, 5.74) is 11.4. The van der Waals surface area contributed by atoms with Crippen molar-refractivity contribution in [3.63, 3.8) is 0 Å². The SMILES string of the molecule is COCc1c(C)c(C)c(C)c(C)c1C(N)=O. The summed E-state index contributed by atoms with van der Waals surface area (Å²) in [6, 6.07) is 0. The Bertz CT molecular complexity index is 436. The van der Waals surface area contributed by atoms with Gasteiger partial charge in [0, 0.05) is 12.7 Å². The van der Waals surface area contributed by atoms with E-state index in [0.29, 0.717) is 12.2 Å². The van der Waals surface area contributed by atoms with Gasteiger partial charge in [-0.2, -0.15) is 0 Å². The zero-order chi connectivity index (χ0) is 12.5. The van der Waals surface area contributed by atoms with Crippen molar-refractivity contribution >= 4 is 5.91 Å². The van der Waals surface area contributed by atoms with Crippen LogP contribution in [0.2, 0.25) is 0 Å². The van der Waals surface area contributed by atoms with Gasteiger partial charge in [0.1, 0.15) is 0 Å². The third kappa shape index (κ3) is 1.95. The Hall–Kier alpha value is -1.35. The summed E-state index contributed by atoms with van der Waals surface area (Å²) in [5, 5.41) is 0. The van der Waals surface area contributed by atoms with Crippen molar-refractivity contribution in [2.45, 2.75) is 34.3 Å². The van der Waals surface area contributed by atoms with Crippen molar-refractivity contribution in [1.82, 2.24) is 0 Å². The molecule has 0 atom stereocenters. The molecule has 88 valence electrons. The van der Waals surface area contributed by atoms with E-state index in [9.17, 15) is 4.79 Å². The van der Waals surface area contributed by atoms with Crippen LogP contribution in [0, 0.1) is 27.7 Å². The summed E-state index contributed by atoms with van der Waals surface area (Å²) < 4.78 is 5.14. The van der Waals surface area contributed by atoms with Crippen molar-refractivity contribution in [3.05, 3.63) is 33.4 Å². The van der Waals surface area contributed by atoms with Crippen molar-refractivity contribution in [2.75, 3.05) is 7.11 Å². The molecule has 1 rings (SSSR count). The number of hydrogen-bond donors (Lipinski definition) is 1. The first-order valence-electron chi connectivity index (χ1n) is 5.29. The summed E-state index contributed by atoms with van der Waals surface area (Å²) in [5.74, 6) is -0.379. The molecular weight excluding hydrogens is 202 g/mol. The molecule has 3 nitrogen and oxygen atoms in total.